The van der Waals surface area contributed by atoms with Gasteiger partial charge in [0, 0.05) is 19.7 Å². The number of alkyl halides is 2. The summed E-state index contributed by atoms with van der Waals surface area (Å²) in [6.07, 6.45) is -2.77. The average molecular weight is 176 g/mol. The lowest BCUT2D eigenvalue weighted by atomic mass is 10.2. The van der Waals surface area contributed by atoms with Gasteiger partial charge in [-0.1, -0.05) is 0 Å². The van der Waals surface area contributed by atoms with Gasteiger partial charge in [0.1, 0.15) is 6.10 Å². The fraction of sp³-hybridized carbons (Fsp3) is 0.571. The van der Waals surface area contributed by atoms with Gasteiger partial charge in [-0.05, 0) is 6.07 Å². The van der Waals surface area contributed by atoms with Crippen LogP contribution in [-0.2, 0) is 13.5 Å². The van der Waals surface area contributed by atoms with Crippen molar-refractivity contribution in [2.75, 3.05) is 0 Å². The zero-order valence-electron chi connectivity index (χ0n) is 6.61. The molecule has 1 unspecified atom stereocenters. The summed E-state index contributed by atoms with van der Waals surface area (Å²) in [4.78, 5) is 0. The summed E-state index contributed by atoms with van der Waals surface area (Å²) in [5, 5.41) is 12.6. The molecule has 0 aliphatic carbocycles. The highest BCUT2D eigenvalue weighted by Crippen LogP contribution is 2.06. The van der Waals surface area contributed by atoms with Crippen LogP contribution in [-0.4, -0.2) is 27.4 Å². The van der Waals surface area contributed by atoms with Gasteiger partial charge in [-0.3, -0.25) is 4.68 Å². The Morgan fingerprint density at radius 1 is 1.67 bits per heavy atom. The van der Waals surface area contributed by atoms with E-state index in [1.807, 2.05) is 0 Å². The van der Waals surface area contributed by atoms with E-state index in [9.17, 15) is 8.78 Å². The predicted octanol–water partition coefficient (Wildman–Crippen LogP) is 0.589. The molecule has 0 aromatic carbocycles. The molecule has 1 N–H and O–H groups in total. The lowest BCUT2D eigenvalue weighted by Crippen LogP contribution is -2.20. The third kappa shape index (κ3) is 2.27. The van der Waals surface area contributed by atoms with Crippen LogP contribution in [0, 0.1) is 0 Å². The Bertz CT molecular complexity index is 249. The van der Waals surface area contributed by atoms with Crippen LogP contribution in [0.1, 0.15) is 5.69 Å². The minimum absolute atomic E-state index is 0.0987. The van der Waals surface area contributed by atoms with Crippen LogP contribution in [0.3, 0.4) is 0 Å². The molecule has 1 heterocycles. The molecule has 0 saturated carbocycles. The molecule has 1 rings (SSSR count). The Morgan fingerprint density at radius 2 is 2.33 bits per heavy atom. The van der Waals surface area contributed by atoms with Crippen LogP contribution >= 0.6 is 0 Å². The standard InChI is InChI=1S/C7H10F2N2O/c1-11-3-2-5(10-11)4-6(12)7(8)9/h2-3,6-7,12H,4H2,1H3. The van der Waals surface area contributed by atoms with E-state index < -0.39 is 12.5 Å². The highest BCUT2D eigenvalue weighted by Gasteiger charge is 2.17. The van der Waals surface area contributed by atoms with Crippen molar-refractivity contribution in [3.05, 3.63) is 18.0 Å². The molecule has 5 heteroatoms. The fourth-order valence-corrected chi connectivity index (χ4v) is 0.875. The molecule has 12 heavy (non-hydrogen) atoms. The third-order valence-corrected chi connectivity index (χ3v) is 1.48. The highest BCUT2D eigenvalue weighted by atomic mass is 19.3. The number of aryl methyl sites for hydroxylation is 1. The molecule has 0 radical (unpaired) electrons. The van der Waals surface area contributed by atoms with Gasteiger partial charge in [0.25, 0.3) is 6.43 Å². The van der Waals surface area contributed by atoms with Gasteiger partial charge in [0.2, 0.25) is 0 Å². The van der Waals surface area contributed by atoms with Crippen molar-refractivity contribution in [3.63, 3.8) is 0 Å². The van der Waals surface area contributed by atoms with Crippen LogP contribution in [0.4, 0.5) is 8.78 Å². The Morgan fingerprint density at radius 3 is 2.75 bits per heavy atom. The normalized spacial score (nSPS) is 13.8. The number of aromatic nitrogens is 2. The molecule has 0 saturated heterocycles. The maximum atomic E-state index is 11.8. The molecule has 3 nitrogen and oxygen atoms in total. The molecule has 0 spiro atoms. The summed E-state index contributed by atoms with van der Waals surface area (Å²) in [5.74, 6) is 0. The number of halogens is 2. The topological polar surface area (TPSA) is 38.0 Å². The lowest BCUT2D eigenvalue weighted by Gasteiger charge is -2.05. The summed E-state index contributed by atoms with van der Waals surface area (Å²) < 4.78 is 25.2. The first kappa shape index (κ1) is 9.12. The van der Waals surface area contributed by atoms with E-state index in [-0.39, 0.29) is 6.42 Å². The molecule has 68 valence electrons. The van der Waals surface area contributed by atoms with Crippen LogP contribution in [0.5, 0.6) is 0 Å². The molecule has 0 bridgehead atoms. The van der Waals surface area contributed by atoms with Crippen molar-refractivity contribution < 1.29 is 13.9 Å². The smallest absolute Gasteiger partial charge is 0.264 e. The van der Waals surface area contributed by atoms with Crippen LogP contribution < -0.4 is 0 Å². The van der Waals surface area contributed by atoms with E-state index in [0.29, 0.717) is 5.69 Å². The highest BCUT2D eigenvalue weighted by molar-refractivity contribution is 5.00. The number of rotatable bonds is 3. The van der Waals surface area contributed by atoms with Gasteiger partial charge in [0.15, 0.2) is 0 Å². The molecule has 1 aromatic heterocycles. The second-order valence-electron chi connectivity index (χ2n) is 2.59. The average Bonchev–Trinajstić information content (AvgIpc) is 2.35. The van der Waals surface area contributed by atoms with E-state index >= 15 is 0 Å². The first-order valence-corrected chi connectivity index (χ1v) is 3.54. The van der Waals surface area contributed by atoms with Crippen molar-refractivity contribution >= 4 is 0 Å². The number of nitrogens with zero attached hydrogens (tertiary/aromatic N) is 2. The van der Waals surface area contributed by atoms with E-state index in [4.69, 9.17) is 5.11 Å². The van der Waals surface area contributed by atoms with Gasteiger partial charge in [-0.2, -0.15) is 5.10 Å². The molecular formula is C7H10F2N2O. The number of hydrogen-bond acceptors (Lipinski definition) is 2. The minimum atomic E-state index is -2.70. The fourth-order valence-electron chi connectivity index (χ4n) is 0.875. The summed E-state index contributed by atoms with van der Waals surface area (Å²) in [6.45, 7) is 0. The lowest BCUT2D eigenvalue weighted by molar-refractivity contribution is -0.00422. The van der Waals surface area contributed by atoms with E-state index in [0.717, 1.165) is 0 Å². The molecule has 0 fully saturated rings. The SMILES string of the molecule is Cn1ccc(CC(O)C(F)F)n1. The van der Waals surface area contributed by atoms with Crippen molar-refractivity contribution in [1.82, 2.24) is 9.78 Å². The Labute approximate surface area is 68.6 Å². The van der Waals surface area contributed by atoms with Gasteiger partial charge in [-0.15, -0.1) is 0 Å². The Kier molecular flexibility index (Phi) is 2.75. The van der Waals surface area contributed by atoms with Crippen LogP contribution in [0.2, 0.25) is 0 Å². The third-order valence-electron chi connectivity index (χ3n) is 1.48. The predicted molar refractivity (Wildman–Crippen MR) is 38.9 cm³/mol. The monoisotopic (exact) mass is 176 g/mol. The maximum absolute atomic E-state index is 11.8. The Balaban J connectivity index is 2.52. The summed E-state index contributed by atoms with van der Waals surface area (Å²) in [6, 6.07) is 1.60. The van der Waals surface area contributed by atoms with E-state index in [1.165, 1.54) is 4.68 Å². The van der Waals surface area contributed by atoms with Gasteiger partial charge in [0.05, 0.1) is 5.69 Å². The van der Waals surface area contributed by atoms with Crippen molar-refractivity contribution in [3.8, 4) is 0 Å². The number of aliphatic hydroxyl groups is 1. The minimum Gasteiger partial charge on any atom is -0.387 e. The molecule has 1 aromatic rings. The van der Waals surface area contributed by atoms with E-state index in [1.54, 1.807) is 19.3 Å². The molecule has 0 aliphatic heterocycles. The van der Waals surface area contributed by atoms with Crippen molar-refractivity contribution in [1.29, 1.82) is 0 Å². The maximum Gasteiger partial charge on any atom is 0.264 e. The Hall–Kier alpha value is -0.970. The summed E-state index contributed by atoms with van der Waals surface area (Å²) >= 11 is 0. The number of aliphatic hydroxyl groups excluding tert-OH is 1. The zero-order valence-corrected chi connectivity index (χ0v) is 6.61. The summed E-state index contributed by atoms with van der Waals surface area (Å²) in [7, 11) is 1.69. The molecular weight excluding hydrogens is 166 g/mol. The van der Waals surface area contributed by atoms with E-state index in [2.05, 4.69) is 5.10 Å². The first-order valence-electron chi connectivity index (χ1n) is 3.54. The zero-order chi connectivity index (χ0) is 9.14. The molecule has 0 amide bonds. The second kappa shape index (κ2) is 3.62. The van der Waals surface area contributed by atoms with Gasteiger partial charge >= 0.3 is 0 Å². The molecule has 0 aliphatic rings. The molecule has 1 atom stereocenters. The first-order chi connectivity index (χ1) is 5.59. The van der Waals surface area contributed by atoms with Gasteiger partial charge < -0.3 is 5.11 Å². The summed E-state index contributed by atoms with van der Waals surface area (Å²) in [5.41, 5.74) is 0.477. The van der Waals surface area contributed by atoms with Crippen LogP contribution in [0.15, 0.2) is 12.3 Å². The van der Waals surface area contributed by atoms with Crippen molar-refractivity contribution in [2.45, 2.75) is 19.0 Å². The van der Waals surface area contributed by atoms with Crippen LogP contribution in [0.25, 0.3) is 0 Å². The van der Waals surface area contributed by atoms with Gasteiger partial charge in [-0.25, -0.2) is 8.78 Å². The van der Waals surface area contributed by atoms with Crippen molar-refractivity contribution in [2.24, 2.45) is 7.05 Å². The number of hydrogen-bond donors (Lipinski definition) is 1. The largest absolute Gasteiger partial charge is 0.387 e. The quantitative estimate of drug-likeness (QED) is 0.731. The second-order valence-corrected chi connectivity index (χ2v) is 2.59.